The quantitative estimate of drug-likeness (QED) is 0.867. The molecule has 5 heteroatoms. The third-order valence-corrected chi connectivity index (χ3v) is 4.01. The number of aromatic nitrogens is 1. The Labute approximate surface area is 112 Å². The normalized spacial score (nSPS) is 12.5. The van der Waals surface area contributed by atoms with Gasteiger partial charge in [0.1, 0.15) is 0 Å². The molecule has 98 valence electrons. The van der Waals surface area contributed by atoms with Crippen LogP contribution >= 0.6 is 11.6 Å². The van der Waals surface area contributed by atoms with E-state index in [9.17, 15) is 8.42 Å². The van der Waals surface area contributed by atoms with Gasteiger partial charge in [0, 0.05) is 23.9 Å². The predicted octanol–water partition coefficient (Wildman–Crippen LogP) is 3.42. The molecule has 0 aliphatic carbocycles. The third kappa shape index (κ3) is 2.54. The van der Waals surface area contributed by atoms with Crippen molar-refractivity contribution in [2.24, 2.45) is 0 Å². The highest BCUT2D eigenvalue weighted by Crippen LogP contribution is 2.31. The molecular weight excluding hydrogens is 270 g/mol. The molecule has 0 amide bonds. The topological polar surface area (TPSA) is 39.1 Å². The Balaban J connectivity index is 2.74. The molecule has 1 heterocycles. The molecule has 0 atom stereocenters. The average molecular weight is 286 g/mol. The maximum atomic E-state index is 11.5. The lowest BCUT2D eigenvalue weighted by Gasteiger charge is -2.08. The van der Waals surface area contributed by atoms with E-state index in [1.807, 2.05) is 18.3 Å². The highest BCUT2D eigenvalue weighted by atomic mass is 35.5. The van der Waals surface area contributed by atoms with E-state index in [1.54, 1.807) is 6.07 Å². The predicted molar refractivity (Wildman–Crippen MR) is 75.9 cm³/mol. The van der Waals surface area contributed by atoms with E-state index >= 15 is 0 Å². The standard InChI is InChI=1S/C13H16ClNO2S/c1-9(2)15-7-10(8-18(3,16)17)13-11(14)5-4-6-12(13)15/h4-7,9H,8H2,1-3H3. The lowest BCUT2D eigenvalue weighted by atomic mass is 10.2. The van der Waals surface area contributed by atoms with Gasteiger partial charge in [-0.05, 0) is 31.5 Å². The van der Waals surface area contributed by atoms with E-state index < -0.39 is 9.84 Å². The van der Waals surface area contributed by atoms with Gasteiger partial charge < -0.3 is 4.57 Å². The molecule has 1 aromatic heterocycles. The number of benzene rings is 1. The molecule has 18 heavy (non-hydrogen) atoms. The Morgan fingerprint density at radius 1 is 1.33 bits per heavy atom. The van der Waals surface area contributed by atoms with E-state index in [1.165, 1.54) is 6.26 Å². The summed E-state index contributed by atoms with van der Waals surface area (Å²) in [6.07, 6.45) is 3.13. The zero-order chi connectivity index (χ0) is 13.5. The second kappa shape index (κ2) is 4.59. The summed E-state index contributed by atoms with van der Waals surface area (Å²) in [6.45, 7) is 4.12. The monoisotopic (exact) mass is 285 g/mol. The van der Waals surface area contributed by atoms with Gasteiger partial charge in [-0.3, -0.25) is 0 Å². The molecule has 1 aromatic carbocycles. The fraction of sp³-hybridized carbons (Fsp3) is 0.385. The summed E-state index contributed by atoms with van der Waals surface area (Å²) in [4.78, 5) is 0. The minimum atomic E-state index is -3.07. The number of sulfone groups is 1. The van der Waals surface area contributed by atoms with Crippen molar-refractivity contribution in [1.82, 2.24) is 4.57 Å². The van der Waals surface area contributed by atoms with Crippen molar-refractivity contribution < 1.29 is 8.42 Å². The molecule has 0 aliphatic heterocycles. The van der Waals surface area contributed by atoms with Gasteiger partial charge in [0.05, 0.1) is 16.3 Å². The average Bonchev–Trinajstić information content (AvgIpc) is 2.56. The van der Waals surface area contributed by atoms with Crippen LogP contribution in [0.3, 0.4) is 0 Å². The van der Waals surface area contributed by atoms with Crippen molar-refractivity contribution >= 4 is 32.3 Å². The van der Waals surface area contributed by atoms with E-state index in [4.69, 9.17) is 11.6 Å². The molecule has 0 bridgehead atoms. The first-order valence-electron chi connectivity index (χ1n) is 5.75. The number of hydrogen-bond acceptors (Lipinski definition) is 2. The van der Waals surface area contributed by atoms with Crippen LogP contribution in [0.2, 0.25) is 5.02 Å². The van der Waals surface area contributed by atoms with Gasteiger partial charge in [-0.25, -0.2) is 8.42 Å². The molecule has 0 N–H and O–H groups in total. The minimum Gasteiger partial charge on any atom is -0.345 e. The van der Waals surface area contributed by atoms with Gasteiger partial charge in [0.2, 0.25) is 0 Å². The van der Waals surface area contributed by atoms with Crippen molar-refractivity contribution in [1.29, 1.82) is 0 Å². The van der Waals surface area contributed by atoms with E-state index in [0.717, 1.165) is 16.5 Å². The van der Waals surface area contributed by atoms with Crippen LogP contribution in [-0.2, 0) is 15.6 Å². The van der Waals surface area contributed by atoms with Gasteiger partial charge in [-0.15, -0.1) is 0 Å². The fourth-order valence-corrected chi connectivity index (χ4v) is 3.24. The van der Waals surface area contributed by atoms with Gasteiger partial charge in [-0.2, -0.15) is 0 Å². The number of nitrogens with zero attached hydrogens (tertiary/aromatic N) is 1. The summed E-state index contributed by atoms with van der Waals surface area (Å²) in [5, 5.41) is 1.45. The zero-order valence-corrected chi connectivity index (χ0v) is 12.2. The van der Waals surface area contributed by atoms with Crippen LogP contribution in [0.15, 0.2) is 24.4 Å². The van der Waals surface area contributed by atoms with Crippen LogP contribution < -0.4 is 0 Å². The van der Waals surface area contributed by atoms with Crippen LogP contribution in [0.5, 0.6) is 0 Å². The molecule has 0 saturated carbocycles. The molecule has 0 unspecified atom stereocenters. The number of halogens is 1. The van der Waals surface area contributed by atoms with Gasteiger partial charge in [0.25, 0.3) is 0 Å². The minimum absolute atomic E-state index is 0.0208. The van der Waals surface area contributed by atoms with Crippen LogP contribution in [0.25, 0.3) is 10.9 Å². The molecule has 0 aliphatic rings. The molecule has 0 radical (unpaired) electrons. The Kier molecular flexibility index (Phi) is 3.43. The number of hydrogen-bond donors (Lipinski definition) is 0. The smallest absolute Gasteiger partial charge is 0.151 e. The summed E-state index contributed by atoms with van der Waals surface area (Å²) in [7, 11) is -3.07. The first kappa shape index (κ1) is 13.4. The molecule has 3 nitrogen and oxygen atoms in total. The van der Waals surface area contributed by atoms with Crippen molar-refractivity contribution in [3.63, 3.8) is 0 Å². The number of rotatable bonds is 3. The van der Waals surface area contributed by atoms with E-state index in [-0.39, 0.29) is 11.8 Å². The third-order valence-electron chi connectivity index (χ3n) is 2.86. The maximum Gasteiger partial charge on any atom is 0.151 e. The zero-order valence-electron chi connectivity index (χ0n) is 10.6. The van der Waals surface area contributed by atoms with Crippen LogP contribution in [0.4, 0.5) is 0 Å². The van der Waals surface area contributed by atoms with Gasteiger partial charge in [0.15, 0.2) is 9.84 Å². The second-order valence-electron chi connectivity index (χ2n) is 4.86. The van der Waals surface area contributed by atoms with Crippen molar-refractivity contribution in [3.05, 3.63) is 35.0 Å². The largest absolute Gasteiger partial charge is 0.345 e. The Morgan fingerprint density at radius 2 is 2.00 bits per heavy atom. The van der Waals surface area contributed by atoms with Crippen LogP contribution in [-0.4, -0.2) is 19.2 Å². The first-order valence-corrected chi connectivity index (χ1v) is 8.19. The highest BCUT2D eigenvalue weighted by molar-refractivity contribution is 7.89. The highest BCUT2D eigenvalue weighted by Gasteiger charge is 2.16. The summed E-state index contributed by atoms with van der Waals surface area (Å²) in [5.74, 6) is 0.0208. The number of fused-ring (bicyclic) bond motifs is 1. The lowest BCUT2D eigenvalue weighted by molar-refractivity contribution is 0.600. The summed E-state index contributed by atoms with van der Waals surface area (Å²) >= 11 is 6.20. The Morgan fingerprint density at radius 3 is 2.56 bits per heavy atom. The summed E-state index contributed by atoms with van der Waals surface area (Å²) in [6, 6.07) is 5.90. The van der Waals surface area contributed by atoms with Crippen molar-refractivity contribution in [2.45, 2.75) is 25.6 Å². The molecule has 0 fully saturated rings. The summed E-state index contributed by atoms with van der Waals surface area (Å²) in [5.41, 5.74) is 1.75. The Bertz CT molecular complexity index is 686. The summed E-state index contributed by atoms with van der Waals surface area (Å²) < 4.78 is 25.0. The van der Waals surface area contributed by atoms with Crippen molar-refractivity contribution in [3.8, 4) is 0 Å². The second-order valence-corrected chi connectivity index (χ2v) is 7.41. The van der Waals surface area contributed by atoms with Gasteiger partial charge >= 0.3 is 0 Å². The fourth-order valence-electron chi connectivity index (χ4n) is 2.17. The van der Waals surface area contributed by atoms with Crippen molar-refractivity contribution in [2.75, 3.05) is 6.26 Å². The van der Waals surface area contributed by atoms with E-state index in [2.05, 4.69) is 18.4 Å². The molecular formula is C13H16ClNO2S. The van der Waals surface area contributed by atoms with Crippen LogP contribution in [0.1, 0.15) is 25.5 Å². The lowest BCUT2D eigenvalue weighted by Crippen LogP contribution is -2.01. The van der Waals surface area contributed by atoms with E-state index in [0.29, 0.717) is 5.02 Å². The molecule has 2 aromatic rings. The first-order chi connectivity index (χ1) is 8.29. The van der Waals surface area contributed by atoms with Crippen LogP contribution in [0, 0.1) is 0 Å². The molecule has 2 rings (SSSR count). The molecule has 0 saturated heterocycles. The SMILES string of the molecule is CC(C)n1cc(CS(C)(=O)=O)c2c(Cl)cccc21. The van der Waals surface area contributed by atoms with Gasteiger partial charge in [-0.1, -0.05) is 17.7 Å². The molecule has 0 spiro atoms. The Hall–Kier alpha value is -1.00. The maximum absolute atomic E-state index is 11.5.